The van der Waals surface area contributed by atoms with Crippen molar-refractivity contribution in [3.05, 3.63) is 89.2 Å². The molecule has 134 valence electrons. The van der Waals surface area contributed by atoms with E-state index in [1.54, 1.807) is 66.9 Å². The van der Waals surface area contributed by atoms with Crippen molar-refractivity contribution in [2.75, 3.05) is 5.48 Å². The van der Waals surface area contributed by atoms with E-state index >= 15 is 0 Å². The molecule has 1 aromatic heterocycles. The molecule has 8 heteroatoms. The predicted molar refractivity (Wildman–Crippen MR) is 100 cm³/mol. The van der Waals surface area contributed by atoms with Crippen LogP contribution in [0.5, 0.6) is 0 Å². The fourth-order valence-corrected chi connectivity index (χ4v) is 2.12. The number of aromatic nitrogens is 1. The number of halogens is 1. The van der Waals surface area contributed by atoms with Crippen LogP contribution in [-0.4, -0.2) is 16.9 Å². The molecule has 0 unspecified atom stereocenters. The van der Waals surface area contributed by atoms with Crippen molar-refractivity contribution in [3.63, 3.8) is 0 Å². The Bertz CT molecular complexity index is 959. The van der Waals surface area contributed by atoms with Crippen molar-refractivity contribution in [3.8, 4) is 0 Å². The third kappa shape index (κ3) is 5.20. The Morgan fingerprint density at radius 1 is 0.963 bits per heavy atom. The Labute approximate surface area is 159 Å². The number of nitrogens with one attached hydrogen (secondary N) is 1. The minimum absolute atomic E-state index is 0.355. The average molecular weight is 381 g/mol. The molecule has 0 radical (unpaired) electrons. The number of nitrogens with zero attached hydrogens (tertiary/aromatic N) is 3. The van der Waals surface area contributed by atoms with Gasteiger partial charge in [-0.05, 0) is 60.7 Å². The smallest absolute Gasteiger partial charge is 0.338 e. The van der Waals surface area contributed by atoms with Crippen LogP contribution in [0.25, 0.3) is 0 Å². The van der Waals surface area contributed by atoms with Gasteiger partial charge in [-0.1, -0.05) is 11.6 Å². The van der Waals surface area contributed by atoms with Crippen LogP contribution >= 0.6 is 11.6 Å². The zero-order valence-electron chi connectivity index (χ0n) is 13.9. The van der Waals surface area contributed by atoms with Gasteiger partial charge in [0.15, 0.2) is 0 Å². The standard InChI is InChI=1S/C19H13ClN4O3/c20-15-5-3-13(4-6-15)19(26)27-24-17-9-7-16(8-10-17)22-23-18(25)14-2-1-11-21-12-14/h1-12,24H. The quantitative estimate of drug-likeness (QED) is 0.504. The van der Waals surface area contributed by atoms with Crippen LogP contribution in [0.15, 0.2) is 83.3 Å². The SMILES string of the molecule is O=C(N=Nc1ccc(NOC(=O)c2ccc(Cl)cc2)cc1)c1cccnc1. The molecule has 0 bridgehead atoms. The van der Waals surface area contributed by atoms with Crippen molar-refractivity contribution in [1.82, 2.24) is 4.98 Å². The van der Waals surface area contributed by atoms with Crippen LogP contribution in [0.3, 0.4) is 0 Å². The molecule has 0 aliphatic carbocycles. The number of pyridine rings is 1. The molecular weight excluding hydrogens is 368 g/mol. The molecule has 2 aromatic carbocycles. The van der Waals surface area contributed by atoms with E-state index in [9.17, 15) is 9.59 Å². The van der Waals surface area contributed by atoms with Gasteiger partial charge in [0.1, 0.15) is 0 Å². The van der Waals surface area contributed by atoms with Gasteiger partial charge >= 0.3 is 5.97 Å². The molecule has 0 atom stereocenters. The lowest BCUT2D eigenvalue weighted by Crippen LogP contribution is -2.10. The van der Waals surface area contributed by atoms with E-state index in [1.165, 1.54) is 6.20 Å². The van der Waals surface area contributed by atoms with Crippen LogP contribution in [0.2, 0.25) is 5.02 Å². The molecule has 27 heavy (non-hydrogen) atoms. The fourth-order valence-electron chi connectivity index (χ4n) is 2.00. The molecular formula is C19H13ClN4O3. The number of benzene rings is 2. The Morgan fingerprint density at radius 2 is 1.70 bits per heavy atom. The lowest BCUT2D eigenvalue weighted by molar-refractivity contribution is 0.0596. The monoisotopic (exact) mass is 380 g/mol. The Kier molecular flexibility index (Phi) is 5.86. The number of hydrogen-bond donors (Lipinski definition) is 1. The van der Waals surface area contributed by atoms with Crippen molar-refractivity contribution in [1.29, 1.82) is 0 Å². The van der Waals surface area contributed by atoms with Gasteiger partial charge in [-0.2, -0.15) is 0 Å². The highest BCUT2D eigenvalue weighted by atomic mass is 35.5. The van der Waals surface area contributed by atoms with E-state index in [0.29, 0.717) is 27.5 Å². The molecule has 3 rings (SSSR count). The molecule has 1 N–H and O–H groups in total. The Morgan fingerprint density at radius 3 is 2.37 bits per heavy atom. The van der Waals surface area contributed by atoms with E-state index < -0.39 is 11.9 Å². The zero-order valence-corrected chi connectivity index (χ0v) is 14.6. The molecule has 1 amide bonds. The van der Waals surface area contributed by atoms with E-state index in [0.717, 1.165) is 0 Å². The summed E-state index contributed by atoms with van der Waals surface area (Å²) in [6, 6.07) is 16.1. The summed E-state index contributed by atoms with van der Waals surface area (Å²) in [5.74, 6) is -1.03. The number of carbonyl (C=O) groups is 2. The van der Waals surface area contributed by atoms with Crippen LogP contribution in [0, 0.1) is 0 Å². The largest absolute Gasteiger partial charge is 0.362 e. The van der Waals surface area contributed by atoms with Gasteiger partial charge in [0.2, 0.25) is 0 Å². The summed E-state index contributed by atoms with van der Waals surface area (Å²) < 4.78 is 0. The Balaban J connectivity index is 1.55. The van der Waals surface area contributed by atoms with E-state index in [1.807, 2.05) is 0 Å². The van der Waals surface area contributed by atoms with E-state index in [4.69, 9.17) is 16.4 Å². The Hall–Kier alpha value is -3.58. The van der Waals surface area contributed by atoms with Crippen LogP contribution in [-0.2, 0) is 4.84 Å². The highest BCUT2D eigenvalue weighted by Crippen LogP contribution is 2.18. The minimum Gasteiger partial charge on any atom is -0.338 e. The van der Waals surface area contributed by atoms with Crippen molar-refractivity contribution in [2.24, 2.45) is 10.2 Å². The lowest BCUT2D eigenvalue weighted by atomic mass is 10.2. The van der Waals surface area contributed by atoms with Gasteiger partial charge in [0.05, 0.1) is 22.5 Å². The highest BCUT2D eigenvalue weighted by Gasteiger charge is 2.07. The highest BCUT2D eigenvalue weighted by molar-refractivity contribution is 6.30. The summed E-state index contributed by atoms with van der Waals surface area (Å²) in [7, 11) is 0. The second kappa shape index (κ2) is 8.68. The first-order chi connectivity index (χ1) is 13.1. The van der Waals surface area contributed by atoms with Gasteiger partial charge < -0.3 is 4.84 Å². The second-order valence-corrected chi connectivity index (χ2v) is 5.73. The lowest BCUT2D eigenvalue weighted by Gasteiger charge is -2.06. The number of anilines is 1. The summed E-state index contributed by atoms with van der Waals surface area (Å²) in [6.07, 6.45) is 2.99. The predicted octanol–water partition coefficient (Wildman–Crippen LogP) is 4.84. The molecule has 7 nitrogen and oxygen atoms in total. The first kappa shape index (κ1) is 18.2. The normalized spacial score (nSPS) is 10.6. The maximum absolute atomic E-state index is 11.9. The van der Waals surface area contributed by atoms with Crippen LogP contribution in [0.1, 0.15) is 20.7 Å². The summed E-state index contributed by atoms with van der Waals surface area (Å²) in [6.45, 7) is 0. The summed E-state index contributed by atoms with van der Waals surface area (Å²) in [5.41, 5.74) is 4.28. The summed E-state index contributed by atoms with van der Waals surface area (Å²) >= 11 is 5.78. The number of hydrogen-bond acceptors (Lipinski definition) is 6. The van der Waals surface area contributed by atoms with E-state index in [2.05, 4.69) is 20.7 Å². The molecule has 0 fully saturated rings. The van der Waals surface area contributed by atoms with Gasteiger partial charge in [0.25, 0.3) is 5.91 Å². The topological polar surface area (TPSA) is 93.0 Å². The maximum atomic E-state index is 11.9. The number of azo groups is 1. The third-order valence-corrected chi connectivity index (χ3v) is 3.63. The van der Waals surface area contributed by atoms with Gasteiger partial charge in [-0.3, -0.25) is 9.78 Å². The van der Waals surface area contributed by atoms with Crippen molar-refractivity contribution in [2.45, 2.75) is 0 Å². The van der Waals surface area contributed by atoms with Crippen molar-refractivity contribution >= 4 is 34.9 Å². The zero-order chi connectivity index (χ0) is 19.1. The molecule has 0 spiro atoms. The van der Waals surface area contributed by atoms with Gasteiger partial charge in [-0.15, -0.1) is 10.2 Å². The summed E-state index contributed by atoms with van der Waals surface area (Å²) in [5, 5.41) is 8.05. The maximum Gasteiger partial charge on any atom is 0.362 e. The summed E-state index contributed by atoms with van der Waals surface area (Å²) in [4.78, 5) is 32.6. The average Bonchev–Trinajstić information content (AvgIpc) is 2.72. The first-order valence-corrected chi connectivity index (χ1v) is 8.18. The van der Waals surface area contributed by atoms with Gasteiger partial charge in [-0.25, -0.2) is 10.3 Å². The second-order valence-electron chi connectivity index (χ2n) is 5.29. The number of amides is 1. The van der Waals surface area contributed by atoms with Gasteiger partial charge in [0, 0.05) is 17.4 Å². The van der Waals surface area contributed by atoms with Crippen LogP contribution in [0.4, 0.5) is 11.4 Å². The van der Waals surface area contributed by atoms with Crippen molar-refractivity contribution < 1.29 is 14.4 Å². The number of carbonyl (C=O) groups excluding carboxylic acids is 2. The molecule has 0 saturated carbocycles. The third-order valence-electron chi connectivity index (χ3n) is 3.37. The molecule has 1 heterocycles. The van der Waals surface area contributed by atoms with Crippen LogP contribution < -0.4 is 5.48 Å². The minimum atomic E-state index is -0.544. The molecule has 0 saturated heterocycles. The van der Waals surface area contributed by atoms with E-state index in [-0.39, 0.29) is 0 Å². The molecule has 3 aromatic rings. The number of rotatable bonds is 5. The first-order valence-electron chi connectivity index (χ1n) is 7.81. The molecule has 0 aliphatic heterocycles. The molecule has 0 aliphatic rings. The fraction of sp³-hybridized carbons (Fsp3) is 0.